The Kier molecular flexibility index (Phi) is 10.2. The van der Waals surface area contributed by atoms with Gasteiger partial charge in [-0.2, -0.15) is 0 Å². The molecule has 216 valence electrons. The summed E-state index contributed by atoms with van der Waals surface area (Å²) < 4.78 is 17.3. The lowest BCUT2D eigenvalue weighted by molar-refractivity contribution is -0.115. The minimum Gasteiger partial charge on any atom is -0.490 e. The first-order valence-electron chi connectivity index (χ1n) is 13.8. The van der Waals surface area contributed by atoms with Crippen molar-refractivity contribution in [2.75, 3.05) is 11.9 Å². The van der Waals surface area contributed by atoms with Gasteiger partial charge in [0.1, 0.15) is 17.2 Å². The lowest BCUT2D eigenvalue weighted by Gasteiger charge is -2.29. The zero-order chi connectivity index (χ0) is 29.2. The first-order chi connectivity index (χ1) is 19.7. The third kappa shape index (κ3) is 9.27. The number of alkyl carbamates (subject to hydrolysis) is 1. The van der Waals surface area contributed by atoms with Gasteiger partial charge in [-0.25, -0.2) is 9.59 Å². The third-order valence-corrected chi connectivity index (χ3v) is 6.63. The molecule has 1 saturated carbocycles. The number of para-hydroxylation sites is 1. The van der Waals surface area contributed by atoms with Gasteiger partial charge in [0.2, 0.25) is 5.91 Å². The molecule has 4 rings (SSSR count). The zero-order valence-electron chi connectivity index (χ0n) is 23.3. The number of rotatable bonds is 11. The number of amides is 2. The van der Waals surface area contributed by atoms with E-state index in [2.05, 4.69) is 10.6 Å². The van der Waals surface area contributed by atoms with Crippen LogP contribution < -0.4 is 20.1 Å². The number of benzene rings is 3. The van der Waals surface area contributed by atoms with Gasteiger partial charge < -0.3 is 30.0 Å². The molecule has 2 amide bonds. The lowest BCUT2D eigenvalue weighted by Crippen LogP contribution is -2.40. The van der Waals surface area contributed by atoms with Gasteiger partial charge in [0.15, 0.2) is 0 Å². The molecule has 1 aliphatic carbocycles. The molecule has 0 saturated heterocycles. The molecule has 3 aromatic carbocycles. The number of carbonyl (C=O) groups is 3. The van der Waals surface area contributed by atoms with Gasteiger partial charge in [-0.05, 0) is 85.7 Å². The Bertz CT molecular complexity index is 1310. The number of carboxylic acid groups (broad SMARTS) is 1. The van der Waals surface area contributed by atoms with Gasteiger partial charge in [-0.1, -0.05) is 38.1 Å². The summed E-state index contributed by atoms with van der Waals surface area (Å²) in [5.41, 5.74) is 1.08. The highest BCUT2D eigenvalue weighted by Crippen LogP contribution is 2.28. The summed E-state index contributed by atoms with van der Waals surface area (Å²) in [6.45, 7) is 4.43. The van der Waals surface area contributed by atoms with Crippen LogP contribution in [0.25, 0.3) is 0 Å². The highest BCUT2D eigenvalue weighted by atomic mass is 16.5. The van der Waals surface area contributed by atoms with Crippen molar-refractivity contribution in [2.24, 2.45) is 5.92 Å². The number of aromatic carboxylic acids is 1. The van der Waals surface area contributed by atoms with Crippen LogP contribution in [0.1, 0.15) is 55.5 Å². The number of hydrogen-bond acceptors (Lipinski definition) is 6. The standard InChI is InChI=1S/C32H36N2O7/c1-21(2)20-39-32(38)33-23-9-13-25(14-10-23)41-27-17-15-26(16-18-27)40-24-11-7-22(8-12-24)19-30(35)34-29-6-4-3-5-28(29)31(36)37/h3-8,11-12,15-18,21,23,25H,9-10,13-14,19-20H2,1-2H3,(H,33,38)(H,34,35)(H,36,37). The molecule has 0 heterocycles. The van der Waals surface area contributed by atoms with Crippen molar-refractivity contribution in [3.63, 3.8) is 0 Å². The first kappa shape index (κ1) is 29.5. The van der Waals surface area contributed by atoms with Crippen molar-refractivity contribution in [3.8, 4) is 17.2 Å². The largest absolute Gasteiger partial charge is 0.490 e. The topological polar surface area (TPSA) is 123 Å². The Hall–Kier alpha value is -4.53. The number of nitrogens with one attached hydrogen (secondary N) is 2. The highest BCUT2D eigenvalue weighted by Gasteiger charge is 2.24. The van der Waals surface area contributed by atoms with Crippen LogP contribution >= 0.6 is 0 Å². The Balaban J connectivity index is 1.20. The fraction of sp³-hybridized carbons (Fsp3) is 0.344. The average Bonchev–Trinajstić information content (AvgIpc) is 2.95. The second-order valence-corrected chi connectivity index (χ2v) is 10.5. The molecule has 0 atom stereocenters. The summed E-state index contributed by atoms with van der Waals surface area (Å²) in [5, 5.41) is 14.9. The van der Waals surface area contributed by atoms with Gasteiger partial charge >= 0.3 is 12.1 Å². The van der Waals surface area contributed by atoms with Crippen LogP contribution in [0.5, 0.6) is 17.2 Å². The molecule has 9 heteroatoms. The van der Waals surface area contributed by atoms with Crippen LogP contribution in [-0.4, -0.2) is 41.8 Å². The summed E-state index contributed by atoms with van der Waals surface area (Å²) >= 11 is 0. The average molecular weight is 561 g/mol. The molecule has 0 unspecified atom stereocenters. The molecule has 0 aromatic heterocycles. The number of hydrogen-bond donors (Lipinski definition) is 3. The zero-order valence-corrected chi connectivity index (χ0v) is 23.3. The van der Waals surface area contributed by atoms with Crippen molar-refractivity contribution < 1.29 is 33.7 Å². The molecule has 3 N–H and O–H groups in total. The van der Waals surface area contributed by atoms with E-state index >= 15 is 0 Å². The summed E-state index contributed by atoms with van der Waals surface area (Å²) in [4.78, 5) is 35.7. The molecule has 9 nitrogen and oxygen atoms in total. The van der Waals surface area contributed by atoms with E-state index in [4.69, 9.17) is 14.2 Å². The second-order valence-electron chi connectivity index (χ2n) is 10.5. The van der Waals surface area contributed by atoms with E-state index < -0.39 is 5.97 Å². The molecule has 0 spiro atoms. The predicted molar refractivity (Wildman–Crippen MR) is 155 cm³/mol. The number of anilines is 1. The molecule has 1 fully saturated rings. The van der Waals surface area contributed by atoms with Gasteiger partial charge in [0.25, 0.3) is 0 Å². The quantitative estimate of drug-likeness (QED) is 0.247. The van der Waals surface area contributed by atoms with Crippen LogP contribution in [0.3, 0.4) is 0 Å². The smallest absolute Gasteiger partial charge is 0.407 e. The number of carbonyl (C=O) groups excluding carboxylic acids is 2. The maximum Gasteiger partial charge on any atom is 0.407 e. The first-order valence-corrected chi connectivity index (χ1v) is 13.8. The summed E-state index contributed by atoms with van der Waals surface area (Å²) in [5.74, 6) is 0.941. The van der Waals surface area contributed by atoms with Crippen molar-refractivity contribution in [1.82, 2.24) is 5.32 Å². The predicted octanol–water partition coefficient (Wildman–Crippen LogP) is 6.43. The second kappa shape index (κ2) is 14.2. The van der Waals surface area contributed by atoms with Crippen molar-refractivity contribution in [1.29, 1.82) is 0 Å². The SMILES string of the molecule is CC(C)COC(=O)NC1CCC(Oc2ccc(Oc3ccc(CC(=O)Nc4ccccc4C(=O)O)cc3)cc2)CC1. The van der Waals surface area contributed by atoms with E-state index in [0.29, 0.717) is 24.0 Å². The van der Waals surface area contributed by atoms with E-state index in [9.17, 15) is 19.5 Å². The molecule has 41 heavy (non-hydrogen) atoms. The minimum absolute atomic E-state index is 0.0434. The van der Waals surface area contributed by atoms with Crippen LogP contribution in [-0.2, 0) is 16.0 Å². The molecular weight excluding hydrogens is 524 g/mol. The highest BCUT2D eigenvalue weighted by molar-refractivity contribution is 6.01. The monoisotopic (exact) mass is 560 g/mol. The van der Waals surface area contributed by atoms with Gasteiger partial charge in [-0.15, -0.1) is 0 Å². The number of ether oxygens (including phenoxy) is 3. The Morgan fingerprint density at radius 3 is 2.10 bits per heavy atom. The van der Waals surface area contributed by atoms with Crippen molar-refractivity contribution >= 4 is 23.7 Å². The summed E-state index contributed by atoms with van der Waals surface area (Å²) in [6, 6.07) is 21.0. The molecule has 3 aromatic rings. The maximum absolute atomic E-state index is 12.4. The summed E-state index contributed by atoms with van der Waals surface area (Å²) in [7, 11) is 0. The minimum atomic E-state index is -1.10. The molecule has 0 aliphatic heterocycles. The van der Waals surface area contributed by atoms with Crippen molar-refractivity contribution in [2.45, 2.75) is 58.1 Å². The van der Waals surface area contributed by atoms with Crippen LogP contribution in [0.2, 0.25) is 0 Å². The maximum atomic E-state index is 12.4. The fourth-order valence-corrected chi connectivity index (χ4v) is 4.52. The van der Waals surface area contributed by atoms with E-state index in [0.717, 1.165) is 37.0 Å². The Morgan fingerprint density at radius 1 is 0.854 bits per heavy atom. The van der Waals surface area contributed by atoms with E-state index in [-0.39, 0.29) is 41.8 Å². The third-order valence-electron chi connectivity index (χ3n) is 6.63. The van der Waals surface area contributed by atoms with Gasteiger partial charge in [-0.3, -0.25) is 4.79 Å². The molecule has 1 aliphatic rings. The molecule has 0 radical (unpaired) electrons. The van der Waals surface area contributed by atoms with Crippen molar-refractivity contribution in [3.05, 3.63) is 83.9 Å². The van der Waals surface area contributed by atoms with Crippen LogP contribution in [0.4, 0.5) is 10.5 Å². The van der Waals surface area contributed by atoms with E-state index in [1.54, 1.807) is 42.5 Å². The normalized spacial score (nSPS) is 16.5. The lowest BCUT2D eigenvalue weighted by atomic mass is 9.93. The van der Waals surface area contributed by atoms with Crippen LogP contribution in [0, 0.1) is 5.92 Å². The molecule has 0 bridgehead atoms. The fourth-order valence-electron chi connectivity index (χ4n) is 4.52. The van der Waals surface area contributed by atoms with E-state index in [1.165, 1.54) is 6.07 Å². The number of carboxylic acids is 1. The van der Waals surface area contributed by atoms with Crippen LogP contribution in [0.15, 0.2) is 72.8 Å². The van der Waals surface area contributed by atoms with Gasteiger partial charge in [0.05, 0.1) is 30.4 Å². The summed E-state index contributed by atoms with van der Waals surface area (Å²) in [6.07, 6.45) is 3.23. The van der Waals surface area contributed by atoms with Gasteiger partial charge in [0, 0.05) is 6.04 Å². The van der Waals surface area contributed by atoms with E-state index in [1.807, 2.05) is 38.1 Å². The Labute approximate surface area is 239 Å². The Morgan fingerprint density at radius 2 is 1.46 bits per heavy atom. The molecular formula is C32H36N2O7.